The van der Waals surface area contributed by atoms with E-state index in [1.165, 1.54) is 17.7 Å². The number of aromatic amines is 1. The molecular formula is C9H10BrN3O2. The molecule has 0 atom stereocenters. The maximum absolute atomic E-state index is 11.3. The van der Waals surface area contributed by atoms with Crippen molar-refractivity contribution in [3.05, 3.63) is 39.1 Å². The van der Waals surface area contributed by atoms with Gasteiger partial charge in [0.1, 0.15) is 10.4 Å². The molecule has 0 fully saturated rings. The van der Waals surface area contributed by atoms with Crippen LogP contribution in [0.25, 0.3) is 0 Å². The topological polar surface area (TPSA) is 67.2 Å². The molecule has 1 aromatic heterocycles. The van der Waals surface area contributed by atoms with Crippen molar-refractivity contribution < 1.29 is 0 Å². The Kier molecular flexibility index (Phi) is 3.41. The van der Waals surface area contributed by atoms with Gasteiger partial charge in [-0.3, -0.25) is 14.3 Å². The summed E-state index contributed by atoms with van der Waals surface area (Å²) in [5, 5.41) is 0. The number of nitrogens with one attached hydrogen (secondary N) is 1. The van der Waals surface area contributed by atoms with Gasteiger partial charge in [0.05, 0.1) is 5.56 Å². The second-order valence-electron chi connectivity index (χ2n) is 2.91. The molecule has 80 valence electrons. The predicted molar refractivity (Wildman–Crippen MR) is 63.3 cm³/mol. The first-order chi connectivity index (χ1) is 6.97. The largest absolute Gasteiger partial charge is 0.329 e. The lowest BCUT2D eigenvalue weighted by molar-refractivity contribution is 0.792. The maximum atomic E-state index is 11.3. The Hall–Kier alpha value is -1.43. The third kappa shape index (κ3) is 2.33. The van der Waals surface area contributed by atoms with Crippen LogP contribution in [-0.2, 0) is 7.05 Å². The van der Waals surface area contributed by atoms with Crippen LogP contribution in [0, 0.1) is 6.92 Å². The third-order valence-corrected chi connectivity index (χ3v) is 2.40. The average Bonchev–Trinajstić information content (AvgIpc) is 2.21. The Morgan fingerprint density at radius 1 is 1.60 bits per heavy atom. The summed E-state index contributed by atoms with van der Waals surface area (Å²) in [5.41, 5.74) is -0.536. The fraction of sp³-hybridized carbons (Fsp3) is 0.222. The van der Waals surface area contributed by atoms with Crippen LogP contribution in [0.2, 0.25) is 0 Å². The van der Waals surface area contributed by atoms with Crippen LogP contribution in [-0.4, -0.2) is 14.2 Å². The van der Waals surface area contributed by atoms with Crippen molar-refractivity contribution in [3.8, 4) is 0 Å². The van der Waals surface area contributed by atoms with Gasteiger partial charge in [0, 0.05) is 7.05 Å². The average molecular weight is 272 g/mol. The van der Waals surface area contributed by atoms with E-state index in [1.54, 1.807) is 6.92 Å². The second kappa shape index (κ2) is 4.39. The third-order valence-electron chi connectivity index (χ3n) is 1.90. The van der Waals surface area contributed by atoms with Crippen molar-refractivity contribution in [1.29, 1.82) is 0 Å². The minimum Gasteiger partial charge on any atom is -0.281 e. The van der Waals surface area contributed by atoms with Crippen LogP contribution in [0.5, 0.6) is 0 Å². The van der Waals surface area contributed by atoms with Crippen LogP contribution >= 0.6 is 15.9 Å². The highest BCUT2D eigenvalue weighted by Gasteiger charge is 2.07. The SMILES string of the molecule is C=CC(Br)=Nc1c(C)c(=O)[nH]c(=O)n1C. The fourth-order valence-electron chi connectivity index (χ4n) is 1.03. The highest BCUT2D eigenvalue weighted by molar-refractivity contribution is 9.18. The van der Waals surface area contributed by atoms with E-state index in [4.69, 9.17) is 0 Å². The monoisotopic (exact) mass is 271 g/mol. The first-order valence-electron chi connectivity index (χ1n) is 4.14. The van der Waals surface area contributed by atoms with E-state index in [1.807, 2.05) is 0 Å². The summed E-state index contributed by atoms with van der Waals surface area (Å²) in [6, 6.07) is 0. The Bertz CT molecular complexity index is 505. The Morgan fingerprint density at radius 3 is 2.73 bits per heavy atom. The zero-order chi connectivity index (χ0) is 11.6. The number of hydrogen-bond acceptors (Lipinski definition) is 3. The molecule has 0 unspecified atom stereocenters. The molecular weight excluding hydrogens is 262 g/mol. The number of aromatic nitrogens is 2. The lowest BCUT2D eigenvalue weighted by Crippen LogP contribution is -2.29. The van der Waals surface area contributed by atoms with Gasteiger partial charge in [-0.25, -0.2) is 9.79 Å². The van der Waals surface area contributed by atoms with E-state index in [0.717, 1.165) is 0 Å². The molecule has 15 heavy (non-hydrogen) atoms. The van der Waals surface area contributed by atoms with Crippen molar-refractivity contribution >= 4 is 26.4 Å². The van der Waals surface area contributed by atoms with Gasteiger partial charge in [-0.15, -0.1) is 0 Å². The molecule has 1 N–H and O–H groups in total. The lowest BCUT2D eigenvalue weighted by Gasteiger charge is -2.05. The number of aliphatic imine (C=N–C) groups is 1. The van der Waals surface area contributed by atoms with Gasteiger partial charge in [-0.1, -0.05) is 6.58 Å². The van der Waals surface area contributed by atoms with Crippen LogP contribution < -0.4 is 11.2 Å². The van der Waals surface area contributed by atoms with Crippen molar-refractivity contribution in [2.24, 2.45) is 12.0 Å². The molecule has 0 aliphatic carbocycles. The molecule has 0 saturated heterocycles. The number of H-pyrrole nitrogens is 1. The van der Waals surface area contributed by atoms with E-state index in [2.05, 4.69) is 32.5 Å². The van der Waals surface area contributed by atoms with E-state index in [0.29, 0.717) is 16.0 Å². The number of hydrogen-bond donors (Lipinski definition) is 1. The zero-order valence-electron chi connectivity index (χ0n) is 8.37. The first-order valence-corrected chi connectivity index (χ1v) is 4.93. The smallest absolute Gasteiger partial charge is 0.281 e. The summed E-state index contributed by atoms with van der Waals surface area (Å²) in [6.45, 7) is 5.11. The Labute approximate surface area is 94.3 Å². The molecule has 0 aliphatic heterocycles. The van der Waals surface area contributed by atoms with Crippen LogP contribution in [0.15, 0.2) is 27.2 Å². The van der Waals surface area contributed by atoms with Crippen LogP contribution in [0.1, 0.15) is 5.56 Å². The van der Waals surface area contributed by atoms with E-state index in [-0.39, 0.29) is 0 Å². The van der Waals surface area contributed by atoms with Gasteiger partial charge < -0.3 is 0 Å². The highest BCUT2D eigenvalue weighted by Crippen LogP contribution is 2.12. The summed E-state index contributed by atoms with van der Waals surface area (Å²) >= 11 is 3.14. The van der Waals surface area contributed by atoms with E-state index >= 15 is 0 Å². The standard InChI is InChI=1S/C9H10BrN3O2/c1-4-6(10)11-7-5(2)8(14)12-9(15)13(7)3/h4H,1H2,2-3H3,(H,12,14,15). The van der Waals surface area contributed by atoms with Gasteiger partial charge in [-0.05, 0) is 28.9 Å². The minimum absolute atomic E-state index is 0.315. The van der Waals surface area contributed by atoms with Gasteiger partial charge in [0.2, 0.25) is 0 Å². The predicted octanol–water partition coefficient (Wildman–Crippen LogP) is 0.993. The van der Waals surface area contributed by atoms with Crippen molar-refractivity contribution in [1.82, 2.24) is 9.55 Å². The second-order valence-corrected chi connectivity index (χ2v) is 3.72. The summed E-state index contributed by atoms with van der Waals surface area (Å²) < 4.78 is 1.73. The van der Waals surface area contributed by atoms with Crippen LogP contribution in [0.4, 0.5) is 5.82 Å². The van der Waals surface area contributed by atoms with Gasteiger partial charge in [-0.2, -0.15) is 0 Å². The van der Waals surface area contributed by atoms with E-state index < -0.39 is 11.2 Å². The lowest BCUT2D eigenvalue weighted by atomic mass is 10.3. The molecule has 0 saturated carbocycles. The summed E-state index contributed by atoms with van der Waals surface area (Å²) in [7, 11) is 1.54. The van der Waals surface area contributed by atoms with Crippen LogP contribution in [0.3, 0.4) is 0 Å². The normalized spacial score (nSPS) is 11.5. The molecule has 0 bridgehead atoms. The number of rotatable bonds is 2. The van der Waals surface area contributed by atoms with Gasteiger partial charge in [0.15, 0.2) is 0 Å². The number of allylic oxidation sites excluding steroid dienone is 1. The summed E-state index contributed by atoms with van der Waals surface area (Å²) in [5.74, 6) is 0.315. The molecule has 6 heteroatoms. The minimum atomic E-state index is -0.492. The Balaban J connectivity index is 3.61. The first kappa shape index (κ1) is 11.6. The number of nitrogens with zero attached hydrogens (tertiary/aromatic N) is 2. The summed E-state index contributed by atoms with van der Waals surface area (Å²) in [4.78, 5) is 28.8. The van der Waals surface area contributed by atoms with Gasteiger partial charge >= 0.3 is 5.69 Å². The molecule has 0 aliphatic rings. The highest BCUT2D eigenvalue weighted by atomic mass is 79.9. The molecule has 0 amide bonds. The summed E-state index contributed by atoms with van der Waals surface area (Å²) in [6.07, 6.45) is 1.48. The molecule has 1 heterocycles. The Morgan fingerprint density at radius 2 is 2.20 bits per heavy atom. The quantitative estimate of drug-likeness (QED) is 0.816. The maximum Gasteiger partial charge on any atom is 0.329 e. The molecule has 5 nitrogen and oxygen atoms in total. The molecule has 0 radical (unpaired) electrons. The molecule has 1 aromatic rings. The number of halogens is 1. The van der Waals surface area contributed by atoms with E-state index in [9.17, 15) is 9.59 Å². The van der Waals surface area contributed by atoms with Gasteiger partial charge in [0.25, 0.3) is 5.56 Å². The molecule has 0 spiro atoms. The fourth-order valence-corrected chi connectivity index (χ4v) is 1.20. The van der Waals surface area contributed by atoms with Crippen molar-refractivity contribution in [2.75, 3.05) is 0 Å². The zero-order valence-corrected chi connectivity index (χ0v) is 9.96. The molecule has 1 rings (SSSR count). The van der Waals surface area contributed by atoms with Crippen molar-refractivity contribution in [3.63, 3.8) is 0 Å². The molecule has 0 aromatic carbocycles. The van der Waals surface area contributed by atoms with Crippen molar-refractivity contribution in [2.45, 2.75) is 6.92 Å².